The van der Waals surface area contributed by atoms with Gasteiger partial charge in [0.25, 0.3) is 10.0 Å². The Balaban J connectivity index is 2.31. The highest BCUT2D eigenvalue weighted by atomic mass is 35.5. The second kappa shape index (κ2) is 10.7. The van der Waals surface area contributed by atoms with Gasteiger partial charge in [-0.3, -0.25) is 4.57 Å². The average Bonchev–Trinajstić information content (AvgIpc) is 3.14. The Morgan fingerprint density at radius 3 is 2.54 bits per heavy atom. The van der Waals surface area contributed by atoms with E-state index in [0.717, 1.165) is 29.1 Å². The minimum absolute atomic E-state index is 0.0111. The molecule has 0 aliphatic heterocycles. The van der Waals surface area contributed by atoms with Crippen molar-refractivity contribution in [2.24, 2.45) is 0 Å². The van der Waals surface area contributed by atoms with Crippen LogP contribution in [0, 0.1) is 0 Å². The first-order chi connectivity index (χ1) is 13.2. The minimum atomic E-state index is -3.95. The van der Waals surface area contributed by atoms with Gasteiger partial charge in [-0.15, -0.1) is 22.9 Å². The summed E-state index contributed by atoms with van der Waals surface area (Å²) >= 11 is 21.2. The number of fused-ring (bicyclic) bond motifs is 1. The van der Waals surface area contributed by atoms with Crippen molar-refractivity contribution in [2.45, 2.75) is 16.4 Å². The lowest BCUT2D eigenvalue weighted by Gasteiger charge is -2.13. The first-order valence-electron chi connectivity index (χ1n) is 7.91. The van der Waals surface area contributed by atoms with Crippen molar-refractivity contribution in [3.63, 3.8) is 0 Å². The molecule has 1 N–H and O–H groups in total. The fourth-order valence-electron chi connectivity index (χ4n) is 2.18. The fraction of sp³-hybridized carbons (Fsp3) is 0.467. The molecule has 28 heavy (non-hydrogen) atoms. The summed E-state index contributed by atoms with van der Waals surface area (Å²) < 4.78 is 49.6. The van der Waals surface area contributed by atoms with Crippen LogP contribution in [0.1, 0.15) is 12.0 Å². The lowest BCUT2D eigenvalue weighted by molar-refractivity contribution is 0.275. The molecule has 0 aliphatic carbocycles. The second-order valence-electron chi connectivity index (χ2n) is 5.52. The van der Waals surface area contributed by atoms with E-state index >= 15 is 0 Å². The Morgan fingerprint density at radius 1 is 1.25 bits per heavy atom. The number of halogens is 3. The minimum Gasteiger partial charge on any atom is -0.311 e. The molecule has 2 rings (SSSR count). The zero-order valence-electron chi connectivity index (χ0n) is 15.0. The van der Waals surface area contributed by atoms with E-state index in [-0.39, 0.29) is 4.21 Å². The van der Waals surface area contributed by atoms with E-state index in [9.17, 15) is 13.0 Å². The Morgan fingerprint density at radius 2 is 1.93 bits per heavy atom. The predicted octanol–water partition coefficient (Wildman–Crippen LogP) is 5.79. The highest BCUT2D eigenvalue weighted by Gasteiger charge is 2.27. The standard InChI is InChI=1S/C15H19Cl3NO5PS3/c1-23-25(20,24-2)9-19-28(21,22)13-7-11-14(18)10(8-26-5-3-4-16)6-12(17)15(11)27-13/h6-7,19H,3-5,8-9H2,1-2H3. The average molecular weight is 527 g/mol. The van der Waals surface area contributed by atoms with Gasteiger partial charge in [0, 0.05) is 31.2 Å². The molecule has 0 fully saturated rings. The van der Waals surface area contributed by atoms with Crippen LogP contribution in [0.3, 0.4) is 0 Å². The molecule has 6 nitrogen and oxygen atoms in total. The van der Waals surface area contributed by atoms with Crippen molar-refractivity contribution in [2.75, 3.05) is 32.1 Å². The second-order valence-corrected chi connectivity index (χ2v) is 13.1. The maximum atomic E-state index is 12.6. The number of sulfonamides is 1. The van der Waals surface area contributed by atoms with Crippen LogP contribution >= 0.6 is 65.5 Å². The van der Waals surface area contributed by atoms with E-state index in [2.05, 4.69) is 4.72 Å². The summed E-state index contributed by atoms with van der Waals surface area (Å²) in [5.41, 5.74) is 0.830. The van der Waals surface area contributed by atoms with Crippen molar-refractivity contribution < 1.29 is 22.0 Å². The molecule has 0 aliphatic rings. The lowest BCUT2D eigenvalue weighted by Crippen LogP contribution is -2.24. The number of hydrogen-bond donors (Lipinski definition) is 1. The highest BCUT2D eigenvalue weighted by Crippen LogP contribution is 2.46. The molecule has 1 aromatic carbocycles. The van der Waals surface area contributed by atoms with E-state index in [0.29, 0.717) is 31.8 Å². The van der Waals surface area contributed by atoms with E-state index in [1.165, 1.54) is 20.3 Å². The van der Waals surface area contributed by atoms with Gasteiger partial charge in [-0.2, -0.15) is 16.5 Å². The van der Waals surface area contributed by atoms with Gasteiger partial charge in [0.1, 0.15) is 10.5 Å². The summed E-state index contributed by atoms with van der Waals surface area (Å²) in [5.74, 6) is 2.13. The van der Waals surface area contributed by atoms with Crippen LogP contribution in [-0.4, -0.2) is 40.6 Å². The van der Waals surface area contributed by atoms with Crippen LogP contribution in [0.2, 0.25) is 10.0 Å². The molecule has 158 valence electrons. The molecule has 0 spiro atoms. The van der Waals surface area contributed by atoms with E-state index in [1.54, 1.807) is 17.8 Å². The van der Waals surface area contributed by atoms with Gasteiger partial charge in [-0.25, -0.2) is 8.42 Å². The van der Waals surface area contributed by atoms with Gasteiger partial charge < -0.3 is 9.05 Å². The van der Waals surface area contributed by atoms with Crippen LogP contribution < -0.4 is 4.72 Å². The highest BCUT2D eigenvalue weighted by molar-refractivity contribution is 7.98. The Hall–Kier alpha value is 0.460. The van der Waals surface area contributed by atoms with Crippen LogP contribution in [0.15, 0.2) is 16.3 Å². The number of benzene rings is 1. The van der Waals surface area contributed by atoms with Gasteiger partial charge in [0.05, 0.1) is 14.7 Å². The Kier molecular flexibility index (Phi) is 9.42. The molecular formula is C15H19Cl3NO5PS3. The molecule has 13 heteroatoms. The van der Waals surface area contributed by atoms with E-state index in [4.69, 9.17) is 43.9 Å². The smallest absolute Gasteiger partial charge is 0.311 e. The summed E-state index contributed by atoms with van der Waals surface area (Å²) in [7, 11) is -5.11. The van der Waals surface area contributed by atoms with Gasteiger partial charge in [0.15, 0.2) is 0 Å². The maximum absolute atomic E-state index is 12.6. The summed E-state index contributed by atoms with van der Waals surface area (Å²) in [5, 5.41) is 1.46. The predicted molar refractivity (Wildman–Crippen MR) is 120 cm³/mol. The number of thiophene rings is 1. The lowest BCUT2D eigenvalue weighted by atomic mass is 10.2. The van der Waals surface area contributed by atoms with Gasteiger partial charge in [-0.05, 0) is 29.9 Å². The Labute approximate surface area is 187 Å². The first kappa shape index (κ1) is 24.7. The fourth-order valence-corrected chi connectivity index (χ4v) is 7.97. The molecular weight excluding hydrogens is 508 g/mol. The zero-order chi connectivity index (χ0) is 20.9. The molecule has 0 unspecified atom stereocenters. The number of nitrogens with one attached hydrogen (secondary N) is 1. The summed E-state index contributed by atoms with van der Waals surface area (Å²) in [6.45, 7) is 0. The molecule has 0 bridgehead atoms. The van der Waals surface area contributed by atoms with Crippen LogP contribution in [-0.2, 0) is 29.4 Å². The van der Waals surface area contributed by atoms with Gasteiger partial charge in [0.2, 0.25) is 0 Å². The van der Waals surface area contributed by atoms with Gasteiger partial charge >= 0.3 is 7.60 Å². The summed E-state index contributed by atoms with van der Waals surface area (Å²) in [4.78, 5) is 0. The molecule has 0 radical (unpaired) electrons. The topological polar surface area (TPSA) is 81.7 Å². The van der Waals surface area contributed by atoms with Crippen LogP contribution in [0.4, 0.5) is 0 Å². The van der Waals surface area contributed by atoms with Crippen molar-refractivity contribution in [1.82, 2.24) is 4.72 Å². The van der Waals surface area contributed by atoms with Crippen LogP contribution in [0.25, 0.3) is 10.1 Å². The third-order valence-electron chi connectivity index (χ3n) is 3.70. The van der Waals surface area contributed by atoms with Crippen molar-refractivity contribution in [3.05, 3.63) is 27.7 Å². The molecule has 0 amide bonds. The number of alkyl halides is 1. The van der Waals surface area contributed by atoms with Crippen molar-refractivity contribution in [3.8, 4) is 0 Å². The first-order valence-corrected chi connectivity index (χ1v) is 14.4. The molecule has 1 heterocycles. The molecule has 1 aromatic heterocycles. The van der Waals surface area contributed by atoms with Crippen molar-refractivity contribution >= 4 is 85.6 Å². The SMILES string of the molecule is COP(=O)(CNS(=O)(=O)c1cc2c(Cl)c(CSCCCCl)cc(Cl)c2s1)OC. The Bertz CT molecular complexity index is 975. The number of thioether (sulfide) groups is 1. The van der Waals surface area contributed by atoms with E-state index in [1.807, 2.05) is 0 Å². The van der Waals surface area contributed by atoms with Crippen molar-refractivity contribution in [1.29, 1.82) is 0 Å². The normalized spacial score (nSPS) is 12.8. The zero-order valence-corrected chi connectivity index (χ0v) is 20.6. The summed E-state index contributed by atoms with van der Waals surface area (Å²) in [6, 6.07) is 3.22. The third-order valence-corrected chi connectivity index (χ3v) is 10.8. The number of rotatable bonds is 11. The molecule has 0 saturated heterocycles. The maximum Gasteiger partial charge on any atom is 0.344 e. The summed E-state index contributed by atoms with van der Waals surface area (Å²) in [6.07, 6.45) is 0.402. The molecule has 0 saturated carbocycles. The third kappa shape index (κ3) is 6.00. The van der Waals surface area contributed by atoms with Crippen LogP contribution in [0.5, 0.6) is 0 Å². The number of hydrogen-bond acceptors (Lipinski definition) is 7. The van der Waals surface area contributed by atoms with E-state index < -0.39 is 23.9 Å². The quantitative estimate of drug-likeness (QED) is 0.227. The van der Waals surface area contributed by atoms with Gasteiger partial charge in [-0.1, -0.05) is 23.2 Å². The largest absolute Gasteiger partial charge is 0.344 e. The molecule has 0 atom stereocenters. The molecule has 2 aromatic rings. The monoisotopic (exact) mass is 525 g/mol.